The van der Waals surface area contributed by atoms with E-state index in [1.54, 1.807) is 11.3 Å². The van der Waals surface area contributed by atoms with E-state index < -0.39 is 0 Å². The third-order valence-electron chi connectivity index (χ3n) is 3.35. The van der Waals surface area contributed by atoms with Gasteiger partial charge in [0.25, 0.3) is 5.91 Å². The van der Waals surface area contributed by atoms with Crippen LogP contribution in [0.2, 0.25) is 0 Å². The summed E-state index contributed by atoms with van der Waals surface area (Å²) >= 11 is 3.53. The molecule has 3 nitrogen and oxygen atoms in total. The Bertz CT molecular complexity index is 675. The highest BCUT2D eigenvalue weighted by molar-refractivity contribution is 7.98. The molecule has 106 valence electrons. The first-order valence-corrected chi connectivity index (χ1v) is 8.70. The van der Waals surface area contributed by atoms with Crippen LogP contribution in [0.1, 0.15) is 25.7 Å². The number of nitrogens with zero attached hydrogens (tertiary/aromatic N) is 1. The third kappa shape index (κ3) is 3.29. The van der Waals surface area contributed by atoms with Gasteiger partial charge in [-0.1, -0.05) is 12.1 Å². The predicted molar refractivity (Wildman–Crippen MR) is 87.9 cm³/mol. The lowest BCUT2D eigenvalue weighted by atomic mass is 10.1. The number of benzene rings is 1. The average molecular weight is 314 g/mol. The highest BCUT2D eigenvalue weighted by Crippen LogP contribution is 2.32. The lowest BCUT2D eigenvalue weighted by molar-refractivity contribution is 0.103. The number of amides is 1. The van der Waals surface area contributed by atoms with Crippen molar-refractivity contribution in [2.24, 2.45) is 0 Å². The van der Waals surface area contributed by atoms with Crippen LogP contribution in [0.5, 0.6) is 0 Å². The molecular weight excluding hydrogens is 300 g/mol. The first-order chi connectivity index (χ1) is 10.3. The molecule has 0 spiro atoms. The number of nitrogens with one attached hydrogen (secondary N) is 1. The predicted octanol–water partition coefficient (Wildman–Crippen LogP) is 3.86. The van der Waals surface area contributed by atoms with Gasteiger partial charge in [0.2, 0.25) is 0 Å². The number of fused-ring (bicyclic) bond motifs is 1. The Morgan fingerprint density at radius 2 is 2.14 bits per heavy atom. The Morgan fingerprint density at radius 1 is 1.33 bits per heavy atom. The van der Waals surface area contributed by atoms with Crippen LogP contribution in [0.4, 0.5) is 5.69 Å². The van der Waals surface area contributed by atoms with Crippen molar-refractivity contribution in [2.45, 2.75) is 18.6 Å². The fourth-order valence-electron chi connectivity index (χ4n) is 2.25. The summed E-state index contributed by atoms with van der Waals surface area (Å²) < 4.78 is 0. The SMILES string of the molecule is N#CCc1ccc(NC(=O)c2cc3c(s2)CCSC3)cc1. The minimum atomic E-state index is -0.0487. The quantitative estimate of drug-likeness (QED) is 0.936. The Labute approximate surface area is 132 Å². The fourth-order valence-corrected chi connectivity index (χ4v) is 4.52. The second-order valence-corrected chi connectivity index (χ2v) is 7.09. The molecule has 3 rings (SSSR count). The topological polar surface area (TPSA) is 52.9 Å². The number of nitriles is 1. The number of hydrogen-bond acceptors (Lipinski definition) is 4. The van der Waals surface area contributed by atoms with Gasteiger partial charge in [-0.05, 0) is 41.5 Å². The molecule has 5 heteroatoms. The summed E-state index contributed by atoms with van der Waals surface area (Å²) in [7, 11) is 0. The molecule has 0 bridgehead atoms. The Hall–Kier alpha value is -1.77. The maximum Gasteiger partial charge on any atom is 0.265 e. The third-order valence-corrected chi connectivity index (χ3v) is 5.59. The minimum Gasteiger partial charge on any atom is -0.321 e. The molecule has 21 heavy (non-hydrogen) atoms. The zero-order valence-corrected chi connectivity index (χ0v) is 13.0. The summed E-state index contributed by atoms with van der Waals surface area (Å²) in [5.74, 6) is 2.11. The van der Waals surface area contributed by atoms with Gasteiger partial charge in [-0.25, -0.2) is 0 Å². The van der Waals surface area contributed by atoms with Gasteiger partial charge in [-0.15, -0.1) is 11.3 Å². The molecule has 1 aliphatic heterocycles. The molecule has 0 saturated carbocycles. The zero-order chi connectivity index (χ0) is 14.7. The lowest BCUT2D eigenvalue weighted by Crippen LogP contribution is -2.10. The molecule has 1 aromatic heterocycles. The number of carbonyl (C=O) groups excluding carboxylic acids is 1. The minimum absolute atomic E-state index is 0.0487. The Kier molecular flexibility index (Phi) is 4.28. The molecule has 1 amide bonds. The van der Waals surface area contributed by atoms with Crippen molar-refractivity contribution in [3.05, 3.63) is 51.2 Å². The van der Waals surface area contributed by atoms with Crippen molar-refractivity contribution in [3.63, 3.8) is 0 Å². The normalized spacial score (nSPS) is 13.3. The number of hydrogen-bond donors (Lipinski definition) is 1. The van der Waals surface area contributed by atoms with Gasteiger partial charge in [0.1, 0.15) is 0 Å². The molecule has 1 aliphatic rings. The van der Waals surface area contributed by atoms with E-state index in [2.05, 4.69) is 11.4 Å². The molecule has 2 aromatic rings. The zero-order valence-electron chi connectivity index (χ0n) is 11.4. The van der Waals surface area contributed by atoms with E-state index in [1.165, 1.54) is 10.4 Å². The molecule has 0 unspecified atom stereocenters. The van der Waals surface area contributed by atoms with E-state index in [-0.39, 0.29) is 5.91 Å². The second-order valence-electron chi connectivity index (χ2n) is 4.85. The van der Waals surface area contributed by atoms with E-state index in [0.717, 1.165) is 34.1 Å². The van der Waals surface area contributed by atoms with E-state index in [9.17, 15) is 4.79 Å². The van der Waals surface area contributed by atoms with E-state index in [0.29, 0.717) is 6.42 Å². The largest absolute Gasteiger partial charge is 0.321 e. The highest BCUT2D eigenvalue weighted by atomic mass is 32.2. The van der Waals surface area contributed by atoms with Crippen LogP contribution in [-0.4, -0.2) is 11.7 Å². The van der Waals surface area contributed by atoms with Crippen LogP contribution in [0.15, 0.2) is 30.3 Å². The van der Waals surface area contributed by atoms with Gasteiger partial charge in [-0.3, -0.25) is 4.79 Å². The summed E-state index contributed by atoms with van der Waals surface area (Å²) in [6.45, 7) is 0. The van der Waals surface area contributed by atoms with Crippen molar-refractivity contribution in [1.29, 1.82) is 5.26 Å². The molecule has 0 saturated heterocycles. The molecule has 0 fully saturated rings. The second kappa shape index (κ2) is 6.33. The van der Waals surface area contributed by atoms with E-state index in [1.807, 2.05) is 42.1 Å². The highest BCUT2D eigenvalue weighted by Gasteiger charge is 2.17. The van der Waals surface area contributed by atoms with Crippen LogP contribution >= 0.6 is 23.1 Å². The van der Waals surface area contributed by atoms with Crippen LogP contribution in [0.25, 0.3) is 0 Å². The summed E-state index contributed by atoms with van der Waals surface area (Å²) in [5.41, 5.74) is 3.03. The van der Waals surface area contributed by atoms with Gasteiger partial charge in [0.15, 0.2) is 0 Å². The van der Waals surface area contributed by atoms with Gasteiger partial charge in [0, 0.05) is 16.3 Å². The Balaban J connectivity index is 1.71. The van der Waals surface area contributed by atoms with Crippen molar-refractivity contribution in [1.82, 2.24) is 0 Å². The van der Waals surface area contributed by atoms with Crippen molar-refractivity contribution < 1.29 is 4.79 Å². The monoisotopic (exact) mass is 314 g/mol. The standard InChI is InChI=1S/C16H14N2OS2/c17-7-5-11-1-3-13(4-2-11)18-16(19)15-9-12-10-20-8-6-14(12)21-15/h1-4,9H,5-6,8,10H2,(H,18,19). The van der Waals surface area contributed by atoms with Crippen LogP contribution < -0.4 is 5.32 Å². The number of carbonyl (C=O) groups is 1. The van der Waals surface area contributed by atoms with Crippen molar-refractivity contribution in [2.75, 3.05) is 11.1 Å². The Morgan fingerprint density at radius 3 is 2.86 bits per heavy atom. The molecule has 1 N–H and O–H groups in total. The average Bonchev–Trinajstić information content (AvgIpc) is 2.94. The number of aryl methyl sites for hydroxylation is 1. The first-order valence-electron chi connectivity index (χ1n) is 6.73. The summed E-state index contributed by atoms with van der Waals surface area (Å²) in [6.07, 6.45) is 1.46. The van der Waals surface area contributed by atoms with Crippen LogP contribution in [0.3, 0.4) is 0 Å². The maximum atomic E-state index is 12.3. The smallest absolute Gasteiger partial charge is 0.265 e. The van der Waals surface area contributed by atoms with Crippen molar-refractivity contribution in [3.8, 4) is 6.07 Å². The van der Waals surface area contributed by atoms with Gasteiger partial charge >= 0.3 is 0 Å². The summed E-state index contributed by atoms with van der Waals surface area (Å²) in [5, 5.41) is 11.6. The van der Waals surface area contributed by atoms with Crippen molar-refractivity contribution >= 4 is 34.7 Å². The van der Waals surface area contributed by atoms with Gasteiger partial charge < -0.3 is 5.32 Å². The molecular formula is C16H14N2OS2. The number of rotatable bonds is 3. The molecule has 2 heterocycles. The van der Waals surface area contributed by atoms with Crippen LogP contribution in [0, 0.1) is 11.3 Å². The van der Waals surface area contributed by atoms with E-state index in [4.69, 9.17) is 5.26 Å². The summed E-state index contributed by atoms with van der Waals surface area (Å²) in [6, 6.07) is 11.6. The van der Waals surface area contributed by atoms with E-state index >= 15 is 0 Å². The lowest BCUT2D eigenvalue weighted by Gasteiger charge is -2.08. The number of thioether (sulfide) groups is 1. The van der Waals surface area contributed by atoms with Gasteiger partial charge in [0.05, 0.1) is 17.4 Å². The summed E-state index contributed by atoms with van der Waals surface area (Å²) in [4.78, 5) is 14.4. The van der Waals surface area contributed by atoms with Gasteiger partial charge in [-0.2, -0.15) is 17.0 Å². The molecule has 1 aromatic carbocycles. The molecule has 0 radical (unpaired) electrons. The molecule has 0 aliphatic carbocycles. The van der Waals surface area contributed by atoms with Crippen LogP contribution in [-0.2, 0) is 18.6 Å². The number of anilines is 1. The maximum absolute atomic E-state index is 12.3. The molecule has 0 atom stereocenters. The first kappa shape index (κ1) is 14.2. The fraction of sp³-hybridized carbons (Fsp3) is 0.250. The number of thiophene rings is 1.